The number of aryl methyl sites for hydroxylation is 1. The summed E-state index contributed by atoms with van der Waals surface area (Å²) in [6, 6.07) is 9.80. The summed E-state index contributed by atoms with van der Waals surface area (Å²) in [5.74, 6) is -1.98. The zero-order chi connectivity index (χ0) is 35.7. The summed E-state index contributed by atoms with van der Waals surface area (Å²) in [6.45, 7) is -0.0873. The number of halogens is 9. The number of nitrogens with zero attached hydrogens (tertiary/aromatic N) is 5. The molecule has 0 aliphatic carbocycles. The number of ether oxygens (including phenoxy) is 2. The third kappa shape index (κ3) is 8.80. The van der Waals surface area contributed by atoms with Crippen molar-refractivity contribution in [1.29, 1.82) is 0 Å². The van der Waals surface area contributed by atoms with Crippen LogP contribution in [-0.2, 0) is 11.0 Å². The number of hydrogen-bond donors (Lipinski definition) is 1. The first kappa shape index (κ1) is 35.0. The maximum Gasteiger partial charge on any atom is 0.573 e. The van der Waals surface area contributed by atoms with Gasteiger partial charge in [-0.25, -0.2) is 14.5 Å². The summed E-state index contributed by atoms with van der Waals surface area (Å²) in [6.07, 6.45) is -13.5. The molecule has 1 fully saturated rings. The molecule has 258 valence electrons. The molecule has 0 spiro atoms. The van der Waals surface area contributed by atoms with Gasteiger partial charge in [-0.15, -0.1) is 18.3 Å². The van der Waals surface area contributed by atoms with E-state index in [-0.39, 0.29) is 39.4 Å². The molecule has 1 N–H and O–H groups in total. The number of alkyl halides is 9. The Balaban J connectivity index is 1.38. The number of amides is 3. The van der Waals surface area contributed by atoms with E-state index in [0.717, 1.165) is 51.9 Å². The van der Waals surface area contributed by atoms with E-state index in [9.17, 15) is 49.1 Å². The summed E-state index contributed by atoms with van der Waals surface area (Å²) in [5, 5.41) is 5.77. The van der Waals surface area contributed by atoms with Crippen molar-refractivity contribution in [2.45, 2.75) is 25.6 Å². The lowest BCUT2D eigenvalue weighted by molar-refractivity contribution is -0.274. The first-order chi connectivity index (χ1) is 22.9. The summed E-state index contributed by atoms with van der Waals surface area (Å²) in [5.41, 5.74) is -1.60. The fourth-order valence-corrected chi connectivity index (χ4v) is 5.20. The van der Waals surface area contributed by atoms with Crippen molar-refractivity contribution < 1.29 is 58.6 Å². The topological polar surface area (TPSA) is 111 Å². The average molecular weight is 719 g/mol. The molecule has 0 bridgehead atoms. The second-order valence-corrected chi connectivity index (χ2v) is 11.0. The molecule has 0 radical (unpaired) electrons. The van der Waals surface area contributed by atoms with Crippen LogP contribution in [0.4, 0.5) is 55.7 Å². The van der Waals surface area contributed by atoms with Crippen LogP contribution in [0.5, 0.6) is 11.5 Å². The van der Waals surface area contributed by atoms with Crippen LogP contribution >= 0.6 is 11.8 Å². The van der Waals surface area contributed by atoms with Crippen LogP contribution < -0.4 is 19.7 Å². The predicted octanol–water partition coefficient (Wildman–Crippen LogP) is 7.77. The minimum Gasteiger partial charge on any atom is -0.482 e. The number of rotatable bonds is 7. The summed E-state index contributed by atoms with van der Waals surface area (Å²) < 4.78 is 128. The number of hydrogen-bond acceptors (Lipinski definition) is 7. The van der Waals surface area contributed by atoms with Crippen LogP contribution in [0.15, 0.2) is 72.0 Å². The molecule has 20 heteroatoms. The number of urea groups is 1. The van der Waals surface area contributed by atoms with E-state index in [0.29, 0.717) is 11.6 Å². The van der Waals surface area contributed by atoms with Crippen LogP contribution in [0.1, 0.15) is 11.1 Å². The van der Waals surface area contributed by atoms with Gasteiger partial charge in [0.25, 0.3) is 0 Å². The molecule has 49 heavy (non-hydrogen) atoms. The standard InChI is InChI=1S/C29H19F9N6O4S/c1-15-2-9-22(47-13-27(30,31)32)21(10-15)44-23(45)12-49-26(44)41-25(46)40-20-8-3-16(11-19(20)28(33,34)35)24-39-14-43(42-24)17-4-6-18(7-5-17)48-29(36,37)38/h2-11,14H,12-13H2,1H3,(H,40,46). The van der Waals surface area contributed by atoms with Crippen molar-refractivity contribution in [3.8, 4) is 28.6 Å². The molecule has 4 aromatic rings. The quantitative estimate of drug-likeness (QED) is 0.195. The Labute approximate surface area is 273 Å². The highest BCUT2D eigenvalue weighted by Gasteiger charge is 2.37. The second-order valence-electron chi connectivity index (χ2n) is 10.0. The zero-order valence-electron chi connectivity index (χ0n) is 24.4. The van der Waals surface area contributed by atoms with E-state index in [1.165, 1.54) is 30.3 Å². The molecule has 1 aromatic heterocycles. The Morgan fingerprint density at radius 3 is 2.35 bits per heavy atom. The number of amidine groups is 1. The van der Waals surface area contributed by atoms with E-state index >= 15 is 0 Å². The highest BCUT2D eigenvalue weighted by Crippen LogP contribution is 2.39. The van der Waals surface area contributed by atoms with Gasteiger partial charge in [-0.3, -0.25) is 9.69 Å². The Kier molecular flexibility index (Phi) is 9.53. The molecular formula is C29H19F9N6O4S. The smallest absolute Gasteiger partial charge is 0.482 e. The first-order valence-electron chi connectivity index (χ1n) is 13.5. The van der Waals surface area contributed by atoms with Crippen molar-refractivity contribution in [2.24, 2.45) is 4.99 Å². The largest absolute Gasteiger partial charge is 0.573 e. The molecule has 5 rings (SSSR count). The maximum absolute atomic E-state index is 14.1. The number of aromatic nitrogens is 3. The molecule has 3 aromatic carbocycles. The van der Waals surface area contributed by atoms with Gasteiger partial charge in [0, 0.05) is 5.56 Å². The fraction of sp³-hybridized carbons (Fsp3) is 0.207. The van der Waals surface area contributed by atoms with Crippen molar-refractivity contribution in [3.63, 3.8) is 0 Å². The number of aliphatic imine (C=N–C) groups is 1. The minimum atomic E-state index is -5.01. The molecule has 1 saturated heterocycles. The number of benzene rings is 3. The summed E-state index contributed by atoms with van der Waals surface area (Å²) >= 11 is 0.733. The zero-order valence-corrected chi connectivity index (χ0v) is 25.3. The van der Waals surface area contributed by atoms with Crippen LogP contribution in [0.2, 0.25) is 0 Å². The first-order valence-corrected chi connectivity index (χ1v) is 14.5. The van der Waals surface area contributed by atoms with Gasteiger partial charge < -0.3 is 14.8 Å². The third-order valence-electron chi connectivity index (χ3n) is 6.36. The van der Waals surface area contributed by atoms with Crippen molar-refractivity contribution in [1.82, 2.24) is 14.8 Å². The number of carbonyl (C=O) groups is 2. The van der Waals surface area contributed by atoms with Crippen LogP contribution in [-0.4, -0.2) is 56.8 Å². The summed E-state index contributed by atoms with van der Waals surface area (Å²) in [4.78, 5) is 34.1. The van der Waals surface area contributed by atoms with Gasteiger partial charge >= 0.3 is 24.7 Å². The van der Waals surface area contributed by atoms with Gasteiger partial charge in [0.1, 0.15) is 17.8 Å². The summed E-state index contributed by atoms with van der Waals surface area (Å²) in [7, 11) is 0. The molecule has 3 amide bonds. The van der Waals surface area contributed by atoms with E-state index in [1.807, 2.05) is 5.32 Å². The van der Waals surface area contributed by atoms with E-state index in [2.05, 4.69) is 19.8 Å². The minimum absolute atomic E-state index is 0.138. The maximum atomic E-state index is 14.1. The second kappa shape index (κ2) is 13.3. The van der Waals surface area contributed by atoms with Crippen LogP contribution in [0.3, 0.4) is 0 Å². The average Bonchev–Trinajstić information content (AvgIpc) is 3.62. The third-order valence-corrected chi connectivity index (χ3v) is 7.28. The van der Waals surface area contributed by atoms with Gasteiger partial charge in [0.05, 0.1) is 28.4 Å². The van der Waals surface area contributed by atoms with Gasteiger partial charge in [-0.05, 0) is 67.1 Å². The Morgan fingerprint density at radius 1 is 0.980 bits per heavy atom. The Hall–Kier alpha value is -5.27. The number of nitrogens with one attached hydrogen (secondary N) is 1. The monoisotopic (exact) mass is 718 g/mol. The fourth-order valence-electron chi connectivity index (χ4n) is 4.34. The molecule has 0 atom stereocenters. The lowest BCUT2D eigenvalue weighted by Crippen LogP contribution is -2.31. The molecule has 0 unspecified atom stereocenters. The van der Waals surface area contributed by atoms with E-state index in [4.69, 9.17) is 4.74 Å². The van der Waals surface area contributed by atoms with Crippen LogP contribution in [0.25, 0.3) is 17.1 Å². The molecule has 2 heterocycles. The van der Waals surface area contributed by atoms with E-state index < -0.39 is 54.3 Å². The van der Waals surface area contributed by atoms with E-state index in [1.54, 1.807) is 6.92 Å². The van der Waals surface area contributed by atoms with Gasteiger partial charge in [0.2, 0.25) is 5.91 Å². The number of thioether (sulfide) groups is 1. The number of anilines is 2. The highest BCUT2D eigenvalue weighted by molar-refractivity contribution is 8.15. The number of carbonyl (C=O) groups excluding carboxylic acids is 2. The van der Waals surface area contributed by atoms with Crippen molar-refractivity contribution in [2.75, 3.05) is 22.6 Å². The van der Waals surface area contributed by atoms with Crippen LogP contribution in [0, 0.1) is 6.92 Å². The molecule has 0 saturated carbocycles. The SMILES string of the molecule is Cc1ccc(OCC(F)(F)F)c(N2C(=O)CSC2=NC(=O)Nc2ccc(-c3ncn(-c4ccc(OC(F)(F)F)cc4)n3)cc2C(F)(F)F)c1. The van der Waals surface area contributed by atoms with Crippen molar-refractivity contribution in [3.05, 3.63) is 78.1 Å². The van der Waals surface area contributed by atoms with Gasteiger partial charge in [-0.1, -0.05) is 17.8 Å². The Bertz CT molecular complexity index is 1910. The molecule has 1 aliphatic rings. The lowest BCUT2D eigenvalue weighted by atomic mass is 10.1. The molecule has 1 aliphatic heterocycles. The Morgan fingerprint density at radius 2 is 1.69 bits per heavy atom. The van der Waals surface area contributed by atoms with Crippen molar-refractivity contribution >= 4 is 40.2 Å². The molecular weight excluding hydrogens is 699 g/mol. The normalized spacial score (nSPS) is 14.8. The predicted molar refractivity (Wildman–Crippen MR) is 158 cm³/mol. The molecule has 10 nitrogen and oxygen atoms in total. The lowest BCUT2D eigenvalue weighted by Gasteiger charge is -2.21. The highest BCUT2D eigenvalue weighted by atomic mass is 32.2. The van der Waals surface area contributed by atoms with Gasteiger partial charge in [0.15, 0.2) is 17.6 Å². The van der Waals surface area contributed by atoms with Gasteiger partial charge in [-0.2, -0.15) is 31.3 Å².